The highest BCUT2D eigenvalue weighted by molar-refractivity contribution is 6.35. The van der Waals surface area contributed by atoms with Crippen molar-refractivity contribution in [2.75, 3.05) is 44.3 Å². The van der Waals surface area contributed by atoms with Crippen molar-refractivity contribution in [3.63, 3.8) is 0 Å². The summed E-state index contributed by atoms with van der Waals surface area (Å²) in [6.07, 6.45) is 0.755. The van der Waals surface area contributed by atoms with Gasteiger partial charge in [0.15, 0.2) is 0 Å². The van der Waals surface area contributed by atoms with Crippen molar-refractivity contribution in [2.45, 2.75) is 32.4 Å². The van der Waals surface area contributed by atoms with Crippen molar-refractivity contribution in [1.29, 1.82) is 0 Å². The molecule has 1 saturated heterocycles. The van der Waals surface area contributed by atoms with E-state index in [0.29, 0.717) is 6.54 Å². The predicted octanol–water partition coefficient (Wildman–Crippen LogP) is 0.437. The van der Waals surface area contributed by atoms with E-state index in [-0.39, 0.29) is 11.9 Å². The van der Waals surface area contributed by atoms with Crippen LogP contribution in [0.3, 0.4) is 0 Å². The Hall–Kier alpha value is -2.45. The SMILES string of the molecule is CC(C)N1C(=O)[C@@H](NC(=O)C(=O)NCCCN2CCOCC2)c2ccccc21. The van der Waals surface area contributed by atoms with Crippen LogP contribution in [0.1, 0.15) is 31.9 Å². The molecule has 1 fully saturated rings. The van der Waals surface area contributed by atoms with Crippen molar-refractivity contribution in [3.8, 4) is 0 Å². The van der Waals surface area contributed by atoms with Gasteiger partial charge in [-0.25, -0.2) is 0 Å². The van der Waals surface area contributed by atoms with Crippen molar-refractivity contribution in [1.82, 2.24) is 15.5 Å². The molecule has 0 aliphatic carbocycles. The van der Waals surface area contributed by atoms with Crippen molar-refractivity contribution < 1.29 is 19.1 Å². The second kappa shape index (κ2) is 9.16. The molecule has 0 bridgehead atoms. The molecule has 1 atom stereocenters. The average molecular weight is 388 g/mol. The zero-order chi connectivity index (χ0) is 20.1. The number of nitrogens with one attached hydrogen (secondary N) is 2. The van der Waals surface area contributed by atoms with Gasteiger partial charge in [-0.15, -0.1) is 0 Å². The first-order chi connectivity index (χ1) is 13.5. The zero-order valence-electron chi connectivity index (χ0n) is 16.4. The van der Waals surface area contributed by atoms with Crippen LogP contribution >= 0.6 is 0 Å². The number of morpholine rings is 1. The second-order valence-electron chi connectivity index (χ2n) is 7.33. The highest BCUT2D eigenvalue weighted by Crippen LogP contribution is 2.36. The van der Waals surface area contributed by atoms with E-state index in [0.717, 1.165) is 50.5 Å². The Bertz CT molecular complexity index is 731. The number of hydrogen-bond acceptors (Lipinski definition) is 5. The Labute approximate surface area is 165 Å². The van der Waals surface area contributed by atoms with E-state index in [9.17, 15) is 14.4 Å². The maximum Gasteiger partial charge on any atom is 0.310 e. The van der Waals surface area contributed by atoms with Crippen molar-refractivity contribution in [3.05, 3.63) is 29.8 Å². The summed E-state index contributed by atoms with van der Waals surface area (Å²) >= 11 is 0. The molecule has 1 aromatic rings. The molecule has 0 spiro atoms. The highest BCUT2D eigenvalue weighted by Gasteiger charge is 2.39. The summed E-state index contributed by atoms with van der Waals surface area (Å²) in [4.78, 5) is 41.1. The molecular formula is C20H28N4O4. The molecule has 2 aliphatic rings. The van der Waals surface area contributed by atoms with Gasteiger partial charge in [0.05, 0.1) is 13.2 Å². The fraction of sp³-hybridized carbons (Fsp3) is 0.550. The quantitative estimate of drug-likeness (QED) is 0.545. The van der Waals surface area contributed by atoms with E-state index >= 15 is 0 Å². The van der Waals surface area contributed by atoms with E-state index in [4.69, 9.17) is 4.74 Å². The van der Waals surface area contributed by atoms with Gasteiger partial charge in [-0.05, 0) is 32.9 Å². The van der Waals surface area contributed by atoms with Crippen LogP contribution in [0, 0.1) is 0 Å². The van der Waals surface area contributed by atoms with Crippen LogP contribution in [0.15, 0.2) is 24.3 Å². The van der Waals surface area contributed by atoms with Gasteiger partial charge in [-0.1, -0.05) is 18.2 Å². The van der Waals surface area contributed by atoms with Gasteiger partial charge in [-0.3, -0.25) is 19.3 Å². The molecule has 2 N–H and O–H groups in total. The maximum atomic E-state index is 12.8. The number of carbonyl (C=O) groups is 3. The lowest BCUT2D eigenvalue weighted by atomic mass is 10.1. The summed E-state index contributed by atoms with van der Waals surface area (Å²) in [7, 11) is 0. The molecular weight excluding hydrogens is 360 g/mol. The minimum atomic E-state index is -0.829. The number of amides is 3. The van der Waals surface area contributed by atoms with Crippen LogP contribution in [0.5, 0.6) is 0 Å². The standard InChI is InChI=1S/C20H28N4O4/c1-14(2)24-16-7-4-3-6-15(16)17(20(24)27)22-19(26)18(25)21-8-5-9-23-10-12-28-13-11-23/h3-4,6-7,14,17H,5,8-13H2,1-2H3,(H,21,25)(H,22,26)/t17-/m0/s1. The van der Waals surface area contributed by atoms with Crippen LogP contribution in [0.2, 0.25) is 0 Å². The Kier molecular flexibility index (Phi) is 6.64. The van der Waals surface area contributed by atoms with Gasteiger partial charge in [0.1, 0.15) is 6.04 Å². The minimum absolute atomic E-state index is 0.0374. The summed E-state index contributed by atoms with van der Waals surface area (Å²) in [5, 5.41) is 5.23. The number of fused-ring (bicyclic) bond motifs is 1. The minimum Gasteiger partial charge on any atom is -0.379 e. The topological polar surface area (TPSA) is 91.0 Å². The number of para-hydroxylation sites is 1. The highest BCUT2D eigenvalue weighted by atomic mass is 16.5. The molecule has 3 amide bonds. The number of nitrogens with zero attached hydrogens (tertiary/aromatic N) is 2. The molecule has 0 unspecified atom stereocenters. The number of ether oxygens (including phenoxy) is 1. The fourth-order valence-electron chi connectivity index (χ4n) is 3.62. The summed E-state index contributed by atoms with van der Waals surface area (Å²) in [5.41, 5.74) is 1.49. The van der Waals surface area contributed by atoms with E-state index in [1.807, 2.05) is 32.0 Å². The smallest absolute Gasteiger partial charge is 0.310 e. The molecule has 0 saturated carbocycles. The molecule has 2 aliphatic heterocycles. The van der Waals surface area contributed by atoms with Crippen molar-refractivity contribution >= 4 is 23.4 Å². The fourth-order valence-corrected chi connectivity index (χ4v) is 3.62. The molecule has 152 valence electrons. The normalized spacial score (nSPS) is 19.6. The van der Waals surface area contributed by atoms with Crippen LogP contribution in [-0.2, 0) is 19.1 Å². The predicted molar refractivity (Wildman–Crippen MR) is 105 cm³/mol. The van der Waals surface area contributed by atoms with Crippen LogP contribution in [0.4, 0.5) is 5.69 Å². The molecule has 8 heteroatoms. The zero-order valence-corrected chi connectivity index (χ0v) is 16.4. The third-order valence-electron chi connectivity index (χ3n) is 5.03. The Morgan fingerprint density at radius 3 is 2.61 bits per heavy atom. The van der Waals surface area contributed by atoms with Crippen molar-refractivity contribution in [2.24, 2.45) is 0 Å². The Balaban J connectivity index is 1.51. The molecule has 3 rings (SSSR count). The van der Waals surface area contributed by atoms with Crippen LogP contribution in [0.25, 0.3) is 0 Å². The summed E-state index contributed by atoms with van der Waals surface area (Å²) in [6.45, 7) is 8.35. The Morgan fingerprint density at radius 2 is 1.89 bits per heavy atom. The second-order valence-corrected chi connectivity index (χ2v) is 7.33. The van der Waals surface area contributed by atoms with Gasteiger partial charge in [0, 0.05) is 36.9 Å². The van der Waals surface area contributed by atoms with E-state index in [2.05, 4.69) is 15.5 Å². The molecule has 8 nitrogen and oxygen atoms in total. The first kappa shape index (κ1) is 20.3. The lowest BCUT2D eigenvalue weighted by Gasteiger charge is -2.26. The maximum absolute atomic E-state index is 12.8. The number of hydrogen-bond donors (Lipinski definition) is 2. The van der Waals surface area contributed by atoms with Crippen LogP contribution < -0.4 is 15.5 Å². The van der Waals surface area contributed by atoms with Gasteiger partial charge in [0.25, 0.3) is 5.91 Å². The number of anilines is 1. The monoisotopic (exact) mass is 388 g/mol. The summed E-state index contributed by atoms with van der Waals surface area (Å²) in [6, 6.07) is 6.47. The number of benzene rings is 1. The van der Waals surface area contributed by atoms with Gasteiger partial charge in [0.2, 0.25) is 0 Å². The summed E-state index contributed by atoms with van der Waals surface area (Å²) < 4.78 is 5.30. The lowest BCUT2D eigenvalue weighted by molar-refractivity contribution is -0.140. The van der Waals surface area contributed by atoms with E-state index in [1.54, 1.807) is 11.0 Å². The molecule has 0 aromatic heterocycles. The number of carbonyl (C=O) groups excluding carboxylic acids is 3. The third-order valence-corrected chi connectivity index (χ3v) is 5.03. The van der Waals surface area contributed by atoms with Gasteiger partial charge < -0.3 is 20.3 Å². The van der Waals surface area contributed by atoms with E-state index < -0.39 is 17.9 Å². The first-order valence-corrected chi connectivity index (χ1v) is 9.80. The van der Waals surface area contributed by atoms with Gasteiger partial charge >= 0.3 is 11.8 Å². The number of rotatable bonds is 6. The third kappa shape index (κ3) is 4.51. The summed E-state index contributed by atoms with van der Waals surface area (Å²) in [5.74, 6) is -1.72. The largest absolute Gasteiger partial charge is 0.379 e. The Morgan fingerprint density at radius 1 is 1.18 bits per heavy atom. The van der Waals surface area contributed by atoms with E-state index in [1.165, 1.54) is 0 Å². The first-order valence-electron chi connectivity index (χ1n) is 9.80. The molecule has 0 radical (unpaired) electrons. The lowest BCUT2D eigenvalue weighted by Crippen LogP contribution is -2.46. The van der Waals surface area contributed by atoms with Crippen LogP contribution in [-0.4, -0.2) is 68.1 Å². The average Bonchev–Trinajstić information content (AvgIpc) is 2.97. The van der Waals surface area contributed by atoms with Gasteiger partial charge in [-0.2, -0.15) is 0 Å². The molecule has 1 aromatic carbocycles. The molecule has 2 heterocycles. The molecule has 28 heavy (non-hydrogen) atoms.